The van der Waals surface area contributed by atoms with Crippen molar-refractivity contribution in [2.75, 3.05) is 12.4 Å². The van der Waals surface area contributed by atoms with Gasteiger partial charge in [-0.3, -0.25) is 19.4 Å². The zero-order chi connectivity index (χ0) is 20.7. The Labute approximate surface area is 166 Å². The van der Waals surface area contributed by atoms with Gasteiger partial charge < -0.3 is 14.5 Å². The highest BCUT2D eigenvalue weighted by atomic mass is 16.5. The molecule has 3 heterocycles. The molecule has 150 valence electrons. The number of furan rings is 1. The Bertz CT molecular complexity index is 1130. The molecule has 2 aromatic heterocycles. The molecule has 0 spiro atoms. The van der Waals surface area contributed by atoms with Crippen LogP contribution in [0.2, 0.25) is 0 Å². The minimum absolute atomic E-state index is 0.00835. The first-order valence-electron chi connectivity index (χ1n) is 9.31. The number of hydrogen-bond acceptors (Lipinski definition) is 5. The predicted octanol–water partition coefficient (Wildman–Crippen LogP) is 3.28. The zero-order valence-electron chi connectivity index (χ0n) is 16.3. The Morgan fingerprint density at radius 2 is 1.90 bits per heavy atom. The molecule has 1 aliphatic heterocycles. The van der Waals surface area contributed by atoms with Gasteiger partial charge in [-0.2, -0.15) is 0 Å². The standard InChI is InChI=1S/C21H21N3O5/c1-11(2)24-19-18(20(26)23-24)14(10-17(25)22-19)16-9-8-15(29-16)12-4-6-13(7-5-12)21(27)28-3/h4-9,11,14H,10H2,1-3H3,(H,22,25)(H,23,26). The normalized spacial score (nSPS) is 15.9. The van der Waals surface area contributed by atoms with E-state index in [1.54, 1.807) is 41.1 Å². The molecule has 0 radical (unpaired) electrons. The lowest BCUT2D eigenvalue weighted by Crippen LogP contribution is -2.27. The summed E-state index contributed by atoms with van der Waals surface area (Å²) < 4.78 is 12.4. The van der Waals surface area contributed by atoms with Crippen molar-refractivity contribution in [1.82, 2.24) is 9.78 Å². The molecule has 0 aliphatic carbocycles. The molecule has 1 aliphatic rings. The van der Waals surface area contributed by atoms with Crippen LogP contribution in [0.25, 0.3) is 11.3 Å². The van der Waals surface area contributed by atoms with E-state index < -0.39 is 11.9 Å². The van der Waals surface area contributed by atoms with Crippen molar-refractivity contribution in [3.8, 4) is 11.3 Å². The molecular weight excluding hydrogens is 374 g/mol. The van der Waals surface area contributed by atoms with Crippen LogP contribution in [0.1, 0.15) is 53.9 Å². The molecule has 0 bridgehead atoms. The van der Waals surface area contributed by atoms with Gasteiger partial charge in [0.2, 0.25) is 5.91 Å². The van der Waals surface area contributed by atoms with Crippen LogP contribution in [-0.4, -0.2) is 28.8 Å². The number of carbonyl (C=O) groups is 2. The molecule has 29 heavy (non-hydrogen) atoms. The number of H-pyrrole nitrogens is 1. The molecule has 4 rings (SSSR count). The number of amides is 1. The fraction of sp³-hybridized carbons (Fsp3) is 0.286. The van der Waals surface area contributed by atoms with Crippen LogP contribution in [0, 0.1) is 0 Å². The van der Waals surface area contributed by atoms with Crippen molar-refractivity contribution in [3.63, 3.8) is 0 Å². The van der Waals surface area contributed by atoms with E-state index in [0.29, 0.717) is 28.5 Å². The van der Waals surface area contributed by atoms with Crippen LogP contribution in [0.4, 0.5) is 5.82 Å². The molecule has 1 amide bonds. The molecule has 0 saturated heterocycles. The number of hydrogen-bond donors (Lipinski definition) is 2. The molecule has 3 aromatic rings. The number of benzene rings is 1. The topological polar surface area (TPSA) is 106 Å². The first-order chi connectivity index (χ1) is 13.9. The Kier molecular flexibility index (Phi) is 4.62. The van der Waals surface area contributed by atoms with Crippen molar-refractivity contribution in [3.05, 3.63) is 63.6 Å². The summed E-state index contributed by atoms with van der Waals surface area (Å²) in [5, 5.41) is 5.60. The summed E-state index contributed by atoms with van der Waals surface area (Å²) in [6.45, 7) is 3.85. The van der Waals surface area contributed by atoms with Crippen molar-refractivity contribution in [2.24, 2.45) is 0 Å². The lowest BCUT2D eigenvalue weighted by molar-refractivity contribution is -0.116. The predicted molar refractivity (Wildman–Crippen MR) is 106 cm³/mol. The van der Waals surface area contributed by atoms with Gasteiger partial charge in [-0.1, -0.05) is 12.1 Å². The molecule has 8 nitrogen and oxygen atoms in total. The molecule has 0 saturated carbocycles. The molecule has 0 fully saturated rings. The fourth-order valence-electron chi connectivity index (χ4n) is 3.60. The quantitative estimate of drug-likeness (QED) is 0.660. The Balaban J connectivity index is 1.70. The third-order valence-corrected chi connectivity index (χ3v) is 5.04. The Morgan fingerprint density at radius 3 is 2.55 bits per heavy atom. The minimum atomic E-state index is -0.467. The monoisotopic (exact) mass is 395 g/mol. The Hall–Kier alpha value is -3.55. The van der Waals surface area contributed by atoms with E-state index >= 15 is 0 Å². The van der Waals surface area contributed by atoms with Crippen molar-refractivity contribution in [1.29, 1.82) is 0 Å². The van der Waals surface area contributed by atoms with Gasteiger partial charge in [-0.05, 0) is 38.1 Å². The minimum Gasteiger partial charge on any atom is -0.465 e. The van der Waals surface area contributed by atoms with Crippen LogP contribution in [0.5, 0.6) is 0 Å². The van der Waals surface area contributed by atoms with Crippen LogP contribution < -0.4 is 10.9 Å². The fourth-order valence-corrected chi connectivity index (χ4v) is 3.60. The van der Waals surface area contributed by atoms with Crippen LogP contribution in [0.15, 0.2) is 45.6 Å². The SMILES string of the molecule is COC(=O)c1ccc(-c2ccc(C3CC(=O)Nc4c3c(=O)[nH]n4C(C)C)o2)cc1. The van der Waals surface area contributed by atoms with Gasteiger partial charge in [0.25, 0.3) is 5.56 Å². The van der Waals surface area contributed by atoms with Gasteiger partial charge in [0.1, 0.15) is 17.3 Å². The summed E-state index contributed by atoms with van der Waals surface area (Å²) in [6, 6.07) is 10.4. The Morgan fingerprint density at radius 1 is 1.17 bits per heavy atom. The number of anilines is 1. The first kappa shape index (κ1) is 18.8. The van der Waals surface area contributed by atoms with E-state index in [4.69, 9.17) is 9.15 Å². The highest BCUT2D eigenvalue weighted by molar-refractivity contribution is 5.94. The molecular formula is C21H21N3O5. The smallest absolute Gasteiger partial charge is 0.337 e. The van der Waals surface area contributed by atoms with Crippen LogP contribution in [0.3, 0.4) is 0 Å². The maximum atomic E-state index is 12.6. The van der Waals surface area contributed by atoms with Crippen LogP contribution >= 0.6 is 0 Å². The first-order valence-corrected chi connectivity index (χ1v) is 9.31. The van der Waals surface area contributed by atoms with E-state index in [9.17, 15) is 14.4 Å². The molecule has 1 unspecified atom stereocenters. The third-order valence-electron chi connectivity index (χ3n) is 5.04. The van der Waals surface area contributed by atoms with Gasteiger partial charge >= 0.3 is 5.97 Å². The van der Waals surface area contributed by atoms with Gasteiger partial charge in [0, 0.05) is 18.0 Å². The molecule has 2 N–H and O–H groups in total. The average molecular weight is 395 g/mol. The lowest BCUT2D eigenvalue weighted by atomic mass is 9.92. The maximum Gasteiger partial charge on any atom is 0.337 e. The summed E-state index contributed by atoms with van der Waals surface area (Å²) in [5.74, 6) is 0.573. The van der Waals surface area contributed by atoms with Crippen LogP contribution in [-0.2, 0) is 9.53 Å². The number of ether oxygens (including phenoxy) is 1. The van der Waals surface area contributed by atoms with Gasteiger partial charge in [-0.15, -0.1) is 0 Å². The largest absolute Gasteiger partial charge is 0.465 e. The maximum absolute atomic E-state index is 12.6. The summed E-state index contributed by atoms with van der Waals surface area (Å²) in [5.41, 5.74) is 1.48. The van der Waals surface area contributed by atoms with Crippen molar-refractivity contribution < 1.29 is 18.7 Å². The third kappa shape index (κ3) is 3.26. The van der Waals surface area contributed by atoms with E-state index in [0.717, 1.165) is 5.56 Å². The highest BCUT2D eigenvalue weighted by Crippen LogP contribution is 2.38. The van der Waals surface area contributed by atoms with Gasteiger partial charge in [-0.25, -0.2) is 4.79 Å². The number of esters is 1. The summed E-state index contributed by atoms with van der Waals surface area (Å²) in [4.78, 5) is 36.4. The zero-order valence-corrected chi connectivity index (χ0v) is 16.3. The second-order valence-corrected chi connectivity index (χ2v) is 7.24. The van der Waals surface area contributed by atoms with E-state index in [-0.39, 0.29) is 23.9 Å². The lowest BCUT2D eigenvalue weighted by Gasteiger charge is -2.22. The highest BCUT2D eigenvalue weighted by Gasteiger charge is 2.34. The van der Waals surface area contributed by atoms with Crippen molar-refractivity contribution in [2.45, 2.75) is 32.2 Å². The molecule has 1 aromatic carbocycles. The van der Waals surface area contributed by atoms with E-state index in [1.807, 2.05) is 13.8 Å². The number of aromatic nitrogens is 2. The number of methoxy groups -OCH3 is 1. The summed E-state index contributed by atoms with van der Waals surface area (Å²) >= 11 is 0. The second-order valence-electron chi connectivity index (χ2n) is 7.24. The van der Waals surface area contributed by atoms with Gasteiger partial charge in [0.15, 0.2) is 0 Å². The second kappa shape index (κ2) is 7.12. The average Bonchev–Trinajstić information content (AvgIpc) is 3.32. The molecule has 1 atom stereocenters. The van der Waals surface area contributed by atoms with E-state index in [2.05, 4.69) is 10.4 Å². The number of nitrogens with zero attached hydrogens (tertiary/aromatic N) is 1. The van der Waals surface area contributed by atoms with Crippen molar-refractivity contribution >= 4 is 17.7 Å². The summed E-state index contributed by atoms with van der Waals surface area (Å²) in [7, 11) is 1.33. The number of nitrogens with one attached hydrogen (secondary N) is 2. The summed E-state index contributed by atoms with van der Waals surface area (Å²) in [6.07, 6.45) is 0.131. The number of fused-ring (bicyclic) bond motifs is 1. The number of carbonyl (C=O) groups excluding carboxylic acids is 2. The number of aromatic amines is 1. The number of rotatable bonds is 4. The molecule has 8 heteroatoms. The van der Waals surface area contributed by atoms with E-state index in [1.165, 1.54) is 7.11 Å². The van der Waals surface area contributed by atoms with Gasteiger partial charge in [0.05, 0.1) is 24.2 Å².